The molecule has 0 saturated carbocycles. The minimum Gasteiger partial charge on any atom is -0.480 e. The maximum absolute atomic E-state index is 11.9. The number of benzene rings is 1. The molecule has 0 aliphatic heterocycles. The van der Waals surface area contributed by atoms with Crippen LogP contribution in [0.15, 0.2) is 30.3 Å². The summed E-state index contributed by atoms with van der Waals surface area (Å²) in [6.07, 6.45) is 0.765. The molecule has 0 fully saturated rings. The van der Waals surface area contributed by atoms with Crippen molar-refractivity contribution in [3.8, 4) is 5.75 Å². The lowest BCUT2D eigenvalue weighted by atomic mass is 10.1. The van der Waals surface area contributed by atoms with Crippen LogP contribution in [0.2, 0.25) is 10.0 Å². The highest BCUT2D eigenvalue weighted by Gasteiger charge is 2.15. The Bertz CT molecular complexity index is 664. The largest absolute Gasteiger partial charge is 0.480 e. The van der Waals surface area contributed by atoms with E-state index in [9.17, 15) is 4.79 Å². The van der Waals surface area contributed by atoms with E-state index in [1.807, 2.05) is 30.3 Å². The molecule has 2 aromatic rings. The van der Waals surface area contributed by atoms with E-state index in [4.69, 9.17) is 27.9 Å². The van der Waals surface area contributed by atoms with Gasteiger partial charge in [-0.15, -0.1) is 0 Å². The molecule has 4 nitrogen and oxygen atoms in total. The first kappa shape index (κ1) is 17.6. The molecule has 1 aromatic heterocycles. The highest BCUT2D eigenvalue weighted by atomic mass is 35.5. The number of pyridine rings is 1. The number of hydrogen-bond donors (Lipinski definition) is 1. The molecule has 0 aliphatic carbocycles. The lowest BCUT2D eigenvalue weighted by Crippen LogP contribution is -2.30. The van der Waals surface area contributed by atoms with Crippen LogP contribution in [0.4, 0.5) is 0 Å². The van der Waals surface area contributed by atoms with Crippen molar-refractivity contribution in [1.29, 1.82) is 0 Å². The number of amides is 1. The number of hydrogen-bond acceptors (Lipinski definition) is 3. The molecule has 0 atom stereocenters. The van der Waals surface area contributed by atoms with Gasteiger partial charge in [-0.05, 0) is 25.8 Å². The summed E-state index contributed by atoms with van der Waals surface area (Å²) in [6.45, 7) is 3.93. The first-order chi connectivity index (χ1) is 11.0. The van der Waals surface area contributed by atoms with Gasteiger partial charge >= 0.3 is 0 Å². The van der Waals surface area contributed by atoms with Crippen LogP contribution in [0.5, 0.6) is 5.75 Å². The Labute approximate surface area is 145 Å². The summed E-state index contributed by atoms with van der Waals surface area (Å²) in [6, 6.07) is 9.94. The Morgan fingerprint density at radius 1 is 1.13 bits per heavy atom. The van der Waals surface area contributed by atoms with Crippen molar-refractivity contribution in [3.63, 3.8) is 0 Å². The Kier molecular flexibility index (Phi) is 6.25. The molecule has 122 valence electrons. The molecule has 0 unspecified atom stereocenters. The minimum atomic E-state index is -0.222. The van der Waals surface area contributed by atoms with E-state index in [1.54, 1.807) is 13.8 Å². The number of carbonyl (C=O) groups excluding carboxylic acids is 1. The van der Waals surface area contributed by atoms with Crippen molar-refractivity contribution >= 4 is 29.1 Å². The van der Waals surface area contributed by atoms with Crippen LogP contribution >= 0.6 is 23.2 Å². The van der Waals surface area contributed by atoms with Gasteiger partial charge in [0.25, 0.3) is 5.91 Å². The van der Waals surface area contributed by atoms with Crippen LogP contribution in [0, 0.1) is 13.8 Å². The van der Waals surface area contributed by atoms with Gasteiger partial charge in [-0.3, -0.25) is 9.78 Å². The smallest absolute Gasteiger partial charge is 0.257 e. The Balaban J connectivity index is 1.85. The first-order valence-corrected chi connectivity index (χ1v) is 8.00. The van der Waals surface area contributed by atoms with Crippen LogP contribution in [-0.4, -0.2) is 24.0 Å². The molecule has 0 radical (unpaired) electrons. The van der Waals surface area contributed by atoms with Crippen molar-refractivity contribution in [2.24, 2.45) is 0 Å². The third-order valence-corrected chi connectivity index (χ3v) is 4.19. The summed E-state index contributed by atoms with van der Waals surface area (Å²) >= 11 is 12.3. The van der Waals surface area contributed by atoms with Crippen molar-refractivity contribution in [2.75, 3.05) is 13.2 Å². The van der Waals surface area contributed by atoms with Gasteiger partial charge in [0.1, 0.15) is 10.0 Å². The number of aromatic nitrogens is 1. The average Bonchev–Trinajstić information content (AvgIpc) is 2.54. The second-order valence-corrected chi connectivity index (χ2v) is 5.87. The van der Waals surface area contributed by atoms with Gasteiger partial charge in [-0.25, -0.2) is 0 Å². The number of rotatable bonds is 6. The molecule has 0 bridgehead atoms. The molecule has 1 heterocycles. The van der Waals surface area contributed by atoms with Gasteiger partial charge in [-0.1, -0.05) is 53.5 Å². The summed E-state index contributed by atoms with van der Waals surface area (Å²) in [7, 11) is 0. The number of aryl methyl sites for hydroxylation is 2. The predicted octanol–water partition coefficient (Wildman–Crippen LogP) is 3.74. The molecular formula is C17H18Cl2N2O2. The standard InChI is InChI=1S/C17H18Cl2N2O2/c1-11-15(18)17(16(19)12(2)21-11)23-10-14(22)20-9-8-13-6-4-3-5-7-13/h3-7H,8-10H2,1-2H3,(H,20,22). The lowest BCUT2D eigenvalue weighted by Gasteiger charge is -2.13. The quantitative estimate of drug-likeness (QED) is 0.861. The number of nitrogens with one attached hydrogen (secondary N) is 1. The molecule has 0 saturated heterocycles. The maximum atomic E-state index is 11.9. The predicted molar refractivity (Wildman–Crippen MR) is 92.4 cm³/mol. The second-order valence-electron chi connectivity index (χ2n) is 5.11. The molecule has 1 N–H and O–H groups in total. The Morgan fingerprint density at radius 2 is 1.74 bits per heavy atom. The van der Waals surface area contributed by atoms with E-state index < -0.39 is 0 Å². The zero-order valence-corrected chi connectivity index (χ0v) is 14.5. The fraction of sp³-hybridized carbons (Fsp3) is 0.294. The van der Waals surface area contributed by atoms with Crippen LogP contribution in [0.25, 0.3) is 0 Å². The number of nitrogens with zero attached hydrogens (tertiary/aromatic N) is 1. The summed E-state index contributed by atoms with van der Waals surface area (Å²) in [5.74, 6) is 0.0803. The Morgan fingerprint density at radius 3 is 2.35 bits per heavy atom. The highest BCUT2D eigenvalue weighted by molar-refractivity contribution is 6.37. The van der Waals surface area contributed by atoms with Gasteiger partial charge in [0.15, 0.2) is 12.4 Å². The Hall–Kier alpha value is -1.78. The van der Waals surface area contributed by atoms with Gasteiger partial charge in [0.05, 0.1) is 11.4 Å². The zero-order valence-electron chi connectivity index (χ0n) is 13.0. The summed E-state index contributed by atoms with van der Waals surface area (Å²) in [5, 5.41) is 3.47. The molecule has 0 spiro atoms. The van der Waals surface area contributed by atoms with Crippen molar-refractivity contribution in [3.05, 3.63) is 57.3 Å². The van der Waals surface area contributed by atoms with Gasteiger partial charge < -0.3 is 10.1 Å². The summed E-state index contributed by atoms with van der Waals surface area (Å²) in [4.78, 5) is 16.1. The zero-order chi connectivity index (χ0) is 16.8. The number of halogens is 2. The maximum Gasteiger partial charge on any atom is 0.257 e. The fourth-order valence-electron chi connectivity index (χ4n) is 2.08. The molecule has 1 aromatic carbocycles. The van der Waals surface area contributed by atoms with E-state index in [0.29, 0.717) is 33.7 Å². The van der Waals surface area contributed by atoms with Crippen molar-refractivity contribution in [1.82, 2.24) is 10.3 Å². The highest BCUT2D eigenvalue weighted by Crippen LogP contribution is 2.36. The fourth-order valence-corrected chi connectivity index (χ4v) is 2.51. The minimum absolute atomic E-state index is 0.142. The van der Waals surface area contributed by atoms with Gasteiger partial charge in [0, 0.05) is 6.54 Å². The summed E-state index contributed by atoms with van der Waals surface area (Å²) in [5.41, 5.74) is 2.40. The van der Waals surface area contributed by atoms with Crippen LogP contribution in [0.1, 0.15) is 17.0 Å². The second kappa shape index (κ2) is 8.18. The normalized spacial score (nSPS) is 10.4. The summed E-state index contributed by atoms with van der Waals surface area (Å²) < 4.78 is 5.48. The van der Waals surface area contributed by atoms with Gasteiger partial charge in [0.2, 0.25) is 0 Å². The van der Waals surface area contributed by atoms with Crippen molar-refractivity contribution in [2.45, 2.75) is 20.3 Å². The number of carbonyl (C=O) groups is 1. The SMILES string of the molecule is Cc1nc(C)c(Cl)c(OCC(=O)NCCc2ccccc2)c1Cl. The molecule has 1 amide bonds. The molecule has 2 rings (SSSR count). The molecular weight excluding hydrogens is 335 g/mol. The molecule has 23 heavy (non-hydrogen) atoms. The van der Waals surface area contributed by atoms with E-state index >= 15 is 0 Å². The van der Waals surface area contributed by atoms with E-state index in [0.717, 1.165) is 6.42 Å². The number of ether oxygens (including phenoxy) is 1. The van der Waals surface area contributed by atoms with Crippen LogP contribution < -0.4 is 10.1 Å². The molecule has 6 heteroatoms. The first-order valence-electron chi connectivity index (χ1n) is 7.24. The third kappa shape index (κ3) is 4.85. The van der Waals surface area contributed by atoms with Crippen LogP contribution in [0.3, 0.4) is 0 Å². The third-order valence-electron chi connectivity index (χ3n) is 3.30. The van der Waals surface area contributed by atoms with Crippen molar-refractivity contribution < 1.29 is 9.53 Å². The van der Waals surface area contributed by atoms with Gasteiger partial charge in [-0.2, -0.15) is 0 Å². The average molecular weight is 353 g/mol. The lowest BCUT2D eigenvalue weighted by molar-refractivity contribution is -0.123. The topological polar surface area (TPSA) is 51.2 Å². The monoisotopic (exact) mass is 352 g/mol. The van der Waals surface area contributed by atoms with E-state index in [-0.39, 0.29) is 12.5 Å². The van der Waals surface area contributed by atoms with E-state index in [2.05, 4.69) is 10.3 Å². The van der Waals surface area contributed by atoms with Crippen LogP contribution in [-0.2, 0) is 11.2 Å². The van der Waals surface area contributed by atoms with E-state index in [1.165, 1.54) is 5.56 Å². The molecule has 0 aliphatic rings.